The summed E-state index contributed by atoms with van der Waals surface area (Å²) in [6.07, 6.45) is 1.15. The number of benzene rings is 3. The van der Waals surface area contributed by atoms with Crippen LogP contribution in [0.5, 0.6) is 11.5 Å². The van der Waals surface area contributed by atoms with E-state index in [1.165, 1.54) is 16.7 Å². The predicted molar refractivity (Wildman–Crippen MR) is 126 cm³/mol. The molecule has 0 amide bonds. The lowest BCUT2D eigenvalue weighted by molar-refractivity contribution is 0.239. The van der Waals surface area contributed by atoms with Gasteiger partial charge in [0.2, 0.25) is 0 Å². The molecule has 0 aliphatic carbocycles. The number of nitrogens with one attached hydrogen (secondary N) is 1. The van der Waals surface area contributed by atoms with Gasteiger partial charge in [0.1, 0.15) is 6.61 Å². The van der Waals surface area contributed by atoms with Gasteiger partial charge in [0.25, 0.3) is 0 Å². The van der Waals surface area contributed by atoms with Gasteiger partial charge in [-0.25, -0.2) is 0 Å². The van der Waals surface area contributed by atoms with E-state index in [1.54, 1.807) is 7.11 Å². The van der Waals surface area contributed by atoms with E-state index in [1.807, 2.05) is 18.2 Å². The summed E-state index contributed by atoms with van der Waals surface area (Å²) >= 11 is 0. The number of ether oxygens (including phenoxy) is 2. The van der Waals surface area contributed by atoms with Gasteiger partial charge < -0.3 is 14.8 Å². The van der Waals surface area contributed by atoms with Crippen LogP contribution in [-0.2, 0) is 6.61 Å². The van der Waals surface area contributed by atoms with E-state index in [2.05, 4.69) is 71.7 Å². The third-order valence-corrected chi connectivity index (χ3v) is 5.84. The van der Waals surface area contributed by atoms with Crippen molar-refractivity contribution in [2.75, 3.05) is 33.3 Å². The number of methoxy groups -OCH3 is 1. The number of aryl methyl sites for hydroxylation is 1. The Morgan fingerprint density at radius 1 is 0.871 bits per heavy atom. The van der Waals surface area contributed by atoms with Crippen molar-refractivity contribution in [2.45, 2.75) is 26.0 Å². The summed E-state index contributed by atoms with van der Waals surface area (Å²) in [5, 5.41) is 3.52. The van der Waals surface area contributed by atoms with Crippen molar-refractivity contribution in [1.82, 2.24) is 10.2 Å². The summed E-state index contributed by atoms with van der Waals surface area (Å²) in [6.45, 7) is 6.86. The first-order valence-corrected chi connectivity index (χ1v) is 11.1. The predicted octanol–water partition coefficient (Wildman–Crippen LogP) is 4.97. The van der Waals surface area contributed by atoms with Gasteiger partial charge in [-0.1, -0.05) is 66.2 Å². The molecule has 0 bridgehead atoms. The van der Waals surface area contributed by atoms with E-state index < -0.39 is 0 Å². The Morgan fingerprint density at radius 3 is 2.52 bits per heavy atom. The Balaban J connectivity index is 1.64. The lowest BCUT2D eigenvalue weighted by atomic mass is 9.95. The standard InChI is InChI=1S/C27H32N2O2/c1-21-8-6-11-23(18-21)27(29-16-7-14-28-15-17-29)24-12-13-25(26(19-24)30-2)31-20-22-9-4-3-5-10-22/h3-6,8-13,18-19,27-28H,7,14-17,20H2,1-2H3. The van der Waals surface area contributed by atoms with Gasteiger partial charge in [-0.05, 0) is 48.7 Å². The maximum atomic E-state index is 6.09. The second kappa shape index (κ2) is 10.5. The fourth-order valence-corrected chi connectivity index (χ4v) is 4.29. The van der Waals surface area contributed by atoms with Crippen molar-refractivity contribution < 1.29 is 9.47 Å². The van der Waals surface area contributed by atoms with Crippen LogP contribution in [0.1, 0.15) is 34.7 Å². The highest BCUT2D eigenvalue weighted by atomic mass is 16.5. The van der Waals surface area contributed by atoms with Crippen LogP contribution >= 0.6 is 0 Å². The van der Waals surface area contributed by atoms with Crippen LogP contribution in [0.15, 0.2) is 72.8 Å². The molecule has 1 fully saturated rings. The van der Waals surface area contributed by atoms with Gasteiger partial charge in [0, 0.05) is 19.6 Å². The molecule has 1 saturated heterocycles. The molecule has 1 aliphatic rings. The minimum atomic E-state index is 0.192. The Labute approximate surface area is 185 Å². The third-order valence-electron chi connectivity index (χ3n) is 5.84. The average molecular weight is 417 g/mol. The maximum absolute atomic E-state index is 6.09. The fourth-order valence-electron chi connectivity index (χ4n) is 4.29. The summed E-state index contributed by atoms with van der Waals surface area (Å²) in [4.78, 5) is 2.58. The van der Waals surface area contributed by atoms with Gasteiger partial charge in [0.15, 0.2) is 11.5 Å². The van der Waals surface area contributed by atoms with E-state index in [-0.39, 0.29) is 6.04 Å². The minimum Gasteiger partial charge on any atom is -0.493 e. The van der Waals surface area contributed by atoms with Crippen LogP contribution in [0.4, 0.5) is 0 Å². The molecule has 1 N–H and O–H groups in total. The van der Waals surface area contributed by atoms with E-state index in [9.17, 15) is 0 Å². The maximum Gasteiger partial charge on any atom is 0.161 e. The minimum absolute atomic E-state index is 0.192. The van der Waals surface area contributed by atoms with Gasteiger partial charge >= 0.3 is 0 Å². The molecule has 1 heterocycles. The van der Waals surface area contributed by atoms with E-state index in [4.69, 9.17) is 9.47 Å². The molecule has 1 atom stereocenters. The zero-order valence-electron chi connectivity index (χ0n) is 18.5. The van der Waals surface area contributed by atoms with E-state index >= 15 is 0 Å². The molecule has 0 aromatic heterocycles. The molecule has 4 nitrogen and oxygen atoms in total. The summed E-state index contributed by atoms with van der Waals surface area (Å²) in [5.41, 5.74) is 4.98. The number of rotatable bonds is 7. The first-order valence-electron chi connectivity index (χ1n) is 11.1. The van der Waals surface area contributed by atoms with Crippen LogP contribution in [0.25, 0.3) is 0 Å². The Kier molecular flexibility index (Phi) is 7.23. The van der Waals surface area contributed by atoms with Crippen LogP contribution in [0.2, 0.25) is 0 Å². The zero-order valence-corrected chi connectivity index (χ0v) is 18.5. The molecule has 3 aromatic carbocycles. The van der Waals surface area contributed by atoms with E-state index in [0.717, 1.165) is 49.7 Å². The molecule has 4 rings (SSSR count). The smallest absolute Gasteiger partial charge is 0.161 e. The quantitative estimate of drug-likeness (QED) is 0.590. The van der Waals surface area contributed by atoms with Crippen molar-refractivity contribution in [3.8, 4) is 11.5 Å². The Hall–Kier alpha value is -2.82. The number of hydrogen-bond donors (Lipinski definition) is 1. The summed E-state index contributed by atoms with van der Waals surface area (Å²) in [5.74, 6) is 1.55. The molecule has 4 heteroatoms. The van der Waals surface area contributed by atoms with Crippen molar-refractivity contribution >= 4 is 0 Å². The second-order valence-corrected chi connectivity index (χ2v) is 8.14. The van der Waals surface area contributed by atoms with Crippen LogP contribution in [-0.4, -0.2) is 38.2 Å². The normalized spacial score (nSPS) is 15.8. The molecule has 162 valence electrons. The monoisotopic (exact) mass is 416 g/mol. The lowest BCUT2D eigenvalue weighted by Gasteiger charge is -2.32. The molecule has 1 aliphatic heterocycles. The first-order chi connectivity index (χ1) is 15.2. The Bertz CT molecular complexity index is 966. The lowest BCUT2D eigenvalue weighted by Crippen LogP contribution is -2.33. The van der Waals surface area contributed by atoms with E-state index in [0.29, 0.717) is 6.61 Å². The van der Waals surface area contributed by atoms with Crippen molar-refractivity contribution in [3.63, 3.8) is 0 Å². The molecule has 0 spiro atoms. The van der Waals surface area contributed by atoms with Gasteiger partial charge in [-0.3, -0.25) is 4.90 Å². The van der Waals surface area contributed by atoms with Crippen LogP contribution in [0.3, 0.4) is 0 Å². The molecular formula is C27H32N2O2. The molecule has 1 unspecified atom stereocenters. The van der Waals surface area contributed by atoms with Gasteiger partial charge in [-0.2, -0.15) is 0 Å². The fraction of sp³-hybridized carbons (Fsp3) is 0.333. The van der Waals surface area contributed by atoms with Crippen molar-refractivity contribution in [1.29, 1.82) is 0 Å². The number of nitrogens with zero attached hydrogens (tertiary/aromatic N) is 1. The number of hydrogen-bond acceptors (Lipinski definition) is 4. The topological polar surface area (TPSA) is 33.7 Å². The van der Waals surface area contributed by atoms with Crippen molar-refractivity contribution in [2.24, 2.45) is 0 Å². The highest BCUT2D eigenvalue weighted by Gasteiger charge is 2.24. The molecular weight excluding hydrogens is 384 g/mol. The average Bonchev–Trinajstić information content (AvgIpc) is 3.08. The van der Waals surface area contributed by atoms with Crippen LogP contribution in [0, 0.1) is 6.92 Å². The molecule has 3 aromatic rings. The summed E-state index contributed by atoms with van der Waals surface area (Å²) in [7, 11) is 1.71. The highest BCUT2D eigenvalue weighted by Crippen LogP contribution is 2.36. The van der Waals surface area contributed by atoms with Gasteiger partial charge in [-0.15, -0.1) is 0 Å². The second-order valence-electron chi connectivity index (χ2n) is 8.14. The highest BCUT2D eigenvalue weighted by molar-refractivity contribution is 5.46. The summed E-state index contributed by atoms with van der Waals surface area (Å²) < 4.78 is 11.8. The van der Waals surface area contributed by atoms with Crippen LogP contribution < -0.4 is 14.8 Å². The molecule has 0 radical (unpaired) electrons. The Morgan fingerprint density at radius 2 is 1.71 bits per heavy atom. The summed E-state index contributed by atoms with van der Waals surface area (Å²) in [6, 6.07) is 25.6. The molecule has 31 heavy (non-hydrogen) atoms. The van der Waals surface area contributed by atoms with Crippen molar-refractivity contribution in [3.05, 3.63) is 95.1 Å². The molecule has 0 saturated carbocycles. The zero-order chi connectivity index (χ0) is 21.5. The third kappa shape index (κ3) is 5.46. The first kappa shape index (κ1) is 21.4. The largest absolute Gasteiger partial charge is 0.493 e. The van der Waals surface area contributed by atoms with Gasteiger partial charge in [0.05, 0.1) is 13.2 Å². The SMILES string of the molecule is COc1cc(C(c2cccc(C)c2)N2CCCNCC2)ccc1OCc1ccccc1.